The van der Waals surface area contributed by atoms with Crippen molar-refractivity contribution in [3.05, 3.63) is 58.6 Å². The maximum atomic E-state index is 10.0. The monoisotopic (exact) mass is 234 g/mol. The Kier molecular flexibility index (Phi) is 3.17. The zero-order valence-electron chi connectivity index (χ0n) is 8.76. The first kappa shape index (κ1) is 11.0. The van der Waals surface area contributed by atoms with Gasteiger partial charge in [0.2, 0.25) is 0 Å². The molecule has 1 N–H and O–H groups in total. The van der Waals surface area contributed by atoms with Gasteiger partial charge in [0.1, 0.15) is 6.10 Å². The summed E-state index contributed by atoms with van der Waals surface area (Å²) in [6.45, 7) is 1.90. The van der Waals surface area contributed by atoms with Crippen molar-refractivity contribution in [3.8, 4) is 0 Å². The molecular weight excluding hydrogens is 224 g/mol. The normalized spacial score (nSPS) is 12.4. The highest BCUT2D eigenvalue weighted by Crippen LogP contribution is 2.20. The number of rotatable bonds is 2. The van der Waals surface area contributed by atoms with Gasteiger partial charge in [-0.25, -0.2) is 9.97 Å². The number of aliphatic hydroxyl groups excluding tert-OH is 1. The minimum Gasteiger partial charge on any atom is -0.380 e. The van der Waals surface area contributed by atoms with Gasteiger partial charge in [-0.1, -0.05) is 23.7 Å². The number of hydrogen-bond acceptors (Lipinski definition) is 3. The molecule has 0 bridgehead atoms. The van der Waals surface area contributed by atoms with E-state index >= 15 is 0 Å². The van der Waals surface area contributed by atoms with Crippen molar-refractivity contribution in [1.82, 2.24) is 9.97 Å². The fourth-order valence-corrected chi connectivity index (χ4v) is 1.46. The molecule has 0 radical (unpaired) electrons. The molecule has 3 nitrogen and oxygen atoms in total. The van der Waals surface area contributed by atoms with Crippen LogP contribution in [-0.2, 0) is 0 Å². The molecule has 0 aliphatic carbocycles. The number of nitrogens with zero attached hydrogens (tertiary/aromatic N) is 2. The van der Waals surface area contributed by atoms with Gasteiger partial charge in [0.25, 0.3) is 0 Å². The summed E-state index contributed by atoms with van der Waals surface area (Å²) in [7, 11) is 0. The number of halogens is 1. The van der Waals surface area contributed by atoms with Crippen LogP contribution in [0.1, 0.15) is 23.1 Å². The first-order chi connectivity index (χ1) is 7.66. The van der Waals surface area contributed by atoms with E-state index in [4.69, 9.17) is 11.6 Å². The largest absolute Gasteiger partial charge is 0.380 e. The van der Waals surface area contributed by atoms with Crippen LogP contribution >= 0.6 is 11.6 Å². The molecule has 4 heteroatoms. The van der Waals surface area contributed by atoms with Crippen molar-refractivity contribution in [2.24, 2.45) is 0 Å². The van der Waals surface area contributed by atoms with Crippen molar-refractivity contribution in [1.29, 1.82) is 0 Å². The van der Waals surface area contributed by atoms with E-state index in [-0.39, 0.29) is 0 Å². The smallest absolute Gasteiger partial charge is 0.161 e. The van der Waals surface area contributed by atoms with Crippen LogP contribution in [0.2, 0.25) is 5.02 Å². The summed E-state index contributed by atoms with van der Waals surface area (Å²) < 4.78 is 0. The van der Waals surface area contributed by atoms with Crippen molar-refractivity contribution in [2.45, 2.75) is 13.0 Å². The van der Waals surface area contributed by atoms with E-state index in [1.165, 1.54) is 0 Å². The molecule has 0 fully saturated rings. The van der Waals surface area contributed by atoms with Crippen molar-refractivity contribution >= 4 is 11.6 Å². The van der Waals surface area contributed by atoms with Gasteiger partial charge in [0.15, 0.2) is 5.82 Å². The molecule has 2 rings (SSSR count). The standard InChI is InChI=1S/C12H11ClN2O/c1-8-6-14-12(15-7-8)11(16)9-2-4-10(13)5-3-9/h2-7,11,16H,1H3. The average molecular weight is 235 g/mol. The number of benzene rings is 1. The zero-order valence-corrected chi connectivity index (χ0v) is 9.52. The average Bonchev–Trinajstić information content (AvgIpc) is 2.30. The molecule has 0 aliphatic rings. The van der Waals surface area contributed by atoms with Gasteiger partial charge in [-0.3, -0.25) is 0 Å². The van der Waals surface area contributed by atoms with Crippen LogP contribution in [0.3, 0.4) is 0 Å². The van der Waals surface area contributed by atoms with Crippen LogP contribution in [0.25, 0.3) is 0 Å². The Morgan fingerprint density at radius 2 is 1.69 bits per heavy atom. The lowest BCUT2D eigenvalue weighted by Gasteiger charge is -2.09. The molecule has 0 saturated carbocycles. The maximum absolute atomic E-state index is 10.0. The zero-order chi connectivity index (χ0) is 11.5. The minimum atomic E-state index is -0.808. The Labute approximate surface area is 98.8 Å². The predicted octanol–water partition coefficient (Wildman–Crippen LogP) is 2.52. The first-order valence-electron chi connectivity index (χ1n) is 4.89. The molecule has 82 valence electrons. The molecular formula is C12H11ClN2O. The SMILES string of the molecule is Cc1cnc(C(O)c2ccc(Cl)cc2)nc1. The second-order valence-electron chi connectivity index (χ2n) is 3.57. The van der Waals surface area contributed by atoms with E-state index in [1.54, 1.807) is 36.7 Å². The fraction of sp³-hybridized carbons (Fsp3) is 0.167. The summed E-state index contributed by atoms with van der Waals surface area (Å²) >= 11 is 5.77. The molecule has 0 saturated heterocycles. The van der Waals surface area contributed by atoms with E-state index in [0.29, 0.717) is 10.8 Å². The molecule has 1 atom stereocenters. The topological polar surface area (TPSA) is 46.0 Å². The van der Waals surface area contributed by atoms with Gasteiger partial charge in [-0.15, -0.1) is 0 Å². The predicted molar refractivity (Wildman–Crippen MR) is 62.3 cm³/mol. The molecule has 1 aromatic heterocycles. The van der Waals surface area contributed by atoms with Crippen LogP contribution in [-0.4, -0.2) is 15.1 Å². The van der Waals surface area contributed by atoms with E-state index in [0.717, 1.165) is 11.1 Å². The first-order valence-corrected chi connectivity index (χ1v) is 5.26. The fourth-order valence-electron chi connectivity index (χ4n) is 1.34. The van der Waals surface area contributed by atoms with Crippen molar-refractivity contribution < 1.29 is 5.11 Å². The highest BCUT2D eigenvalue weighted by Gasteiger charge is 2.12. The van der Waals surface area contributed by atoms with Crippen LogP contribution in [0.5, 0.6) is 0 Å². The third-order valence-electron chi connectivity index (χ3n) is 2.23. The molecule has 1 aromatic carbocycles. The Hall–Kier alpha value is -1.45. The lowest BCUT2D eigenvalue weighted by Crippen LogP contribution is -2.04. The Morgan fingerprint density at radius 3 is 2.25 bits per heavy atom. The second kappa shape index (κ2) is 4.60. The van der Waals surface area contributed by atoms with Gasteiger partial charge in [0.05, 0.1) is 0 Å². The van der Waals surface area contributed by atoms with Crippen LogP contribution in [0, 0.1) is 6.92 Å². The van der Waals surface area contributed by atoms with E-state index in [1.807, 2.05) is 6.92 Å². The van der Waals surface area contributed by atoms with Gasteiger partial charge >= 0.3 is 0 Å². The molecule has 2 aromatic rings. The summed E-state index contributed by atoms with van der Waals surface area (Å²) in [5.41, 5.74) is 1.69. The lowest BCUT2D eigenvalue weighted by atomic mass is 10.1. The third-order valence-corrected chi connectivity index (χ3v) is 2.48. The van der Waals surface area contributed by atoms with Crippen molar-refractivity contribution in [2.75, 3.05) is 0 Å². The second-order valence-corrected chi connectivity index (χ2v) is 4.01. The summed E-state index contributed by atoms with van der Waals surface area (Å²) in [5.74, 6) is 0.396. The van der Waals surface area contributed by atoms with Crippen LogP contribution in [0.4, 0.5) is 0 Å². The minimum absolute atomic E-state index is 0.396. The van der Waals surface area contributed by atoms with E-state index < -0.39 is 6.10 Å². The Bertz CT molecular complexity index is 422. The van der Waals surface area contributed by atoms with Crippen LogP contribution < -0.4 is 0 Å². The number of aryl methyl sites for hydroxylation is 1. The summed E-state index contributed by atoms with van der Waals surface area (Å²) in [5, 5.41) is 10.6. The maximum Gasteiger partial charge on any atom is 0.161 e. The van der Waals surface area contributed by atoms with E-state index in [9.17, 15) is 5.11 Å². The van der Waals surface area contributed by atoms with Gasteiger partial charge in [-0.05, 0) is 30.2 Å². The van der Waals surface area contributed by atoms with E-state index in [2.05, 4.69) is 9.97 Å². The van der Waals surface area contributed by atoms with Gasteiger partial charge in [-0.2, -0.15) is 0 Å². The quantitative estimate of drug-likeness (QED) is 0.869. The molecule has 0 spiro atoms. The highest BCUT2D eigenvalue weighted by atomic mass is 35.5. The number of aromatic nitrogens is 2. The van der Waals surface area contributed by atoms with Gasteiger partial charge in [0, 0.05) is 17.4 Å². The Morgan fingerprint density at radius 1 is 1.12 bits per heavy atom. The lowest BCUT2D eigenvalue weighted by molar-refractivity contribution is 0.209. The van der Waals surface area contributed by atoms with Crippen molar-refractivity contribution in [3.63, 3.8) is 0 Å². The molecule has 16 heavy (non-hydrogen) atoms. The molecule has 0 amide bonds. The summed E-state index contributed by atoms with van der Waals surface area (Å²) in [4.78, 5) is 8.17. The highest BCUT2D eigenvalue weighted by molar-refractivity contribution is 6.30. The molecule has 1 unspecified atom stereocenters. The number of hydrogen-bond donors (Lipinski definition) is 1. The third kappa shape index (κ3) is 2.38. The summed E-state index contributed by atoms with van der Waals surface area (Å²) in [6, 6.07) is 6.98. The van der Waals surface area contributed by atoms with Gasteiger partial charge < -0.3 is 5.11 Å². The number of aliphatic hydroxyl groups is 1. The molecule has 1 heterocycles. The Balaban J connectivity index is 2.28. The summed E-state index contributed by atoms with van der Waals surface area (Å²) in [6.07, 6.45) is 2.56. The van der Waals surface area contributed by atoms with Crippen LogP contribution in [0.15, 0.2) is 36.7 Å². The molecule has 0 aliphatic heterocycles.